The minimum absolute atomic E-state index is 0.101. The van der Waals surface area contributed by atoms with Crippen LogP contribution in [0.15, 0.2) is 6.07 Å². The van der Waals surface area contributed by atoms with Crippen molar-refractivity contribution in [2.75, 3.05) is 26.2 Å². The average molecular weight is 386 g/mol. The number of carbonyl (C=O) groups is 2. The van der Waals surface area contributed by atoms with Gasteiger partial charge in [-0.15, -0.1) is 0 Å². The number of hydrogen-bond acceptors (Lipinski definition) is 3. The van der Waals surface area contributed by atoms with Gasteiger partial charge in [0.05, 0.1) is 0 Å². The van der Waals surface area contributed by atoms with E-state index in [1.54, 1.807) is 11.8 Å². The van der Waals surface area contributed by atoms with E-state index in [4.69, 9.17) is 0 Å². The molecule has 0 N–H and O–H groups in total. The topological polar surface area (TPSA) is 58.4 Å². The average Bonchev–Trinajstić information content (AvgIpc) is 3.22. The molecule has 0 aromatic carbocycles. The summed E-state index contributed by atoms with van der Waals surface area (Å²) in [5.41, 5.74) is -0.646. The van der Waals surface area contributed by atoms with Crippen molar-refractivity contribution in [3.8, 4) is 0 Å². The molecule has 150 valence electrons. The zero-order valence-electron chi connectivity index (χ0n) is 15.6. The molecule has 6 nitrogen and oxygen atoms in total. The number of nitrogens with zero attached hydrogens (tertiary/aromatic N) is 4. The highest BCUT2D eigenvalue weighted by Gasteiger charge is 2.36. The lowest BCUT2D eigenvalue weighted by Gasteiger charge is -2.34. The van der Waals surface area contributed by atoms with Gasteiger partial charge in [0, 0.05) is 38.8 Å². The normalized spacial score (nSPS) is 21.7. The summed E-state index contributed by atoms with van der Waals surface area (Å²) in [6.07, 6.45) is -1.71. The highest BCUT2D eigenvalue weighted by atomic mass is 19.4. The SMILES string of the molecule is CC(=O)N1CCC(C2CCN(C(=O)Cn3nc(C(F)(F)F)cc3C)C2)CC1. The van der Waals surface area contributed by atoms with Crippen LogP contribution in [-0.4, -0.2) is 57.6 Å². The number of carbonyl (C=O) groups excluding carboxylic acids is 2. The fourth-order valence-electron chi connectivity index (χ4n) is 4.12. The summed E-state index contributed by atoms with van der Waals surface area (Å²) < 4.78 is 39.4. The maximum absolute atomic E-state index is 12.8. The van der Waals surface area contributed by atoms with Crippen LogP contribution in [0.3, 0.4) is 0 Å². The molecule has 1 atom stereocenters. The monoisotopic (exact) mass is 386 g/mol. The highest BCUT2D eigenvalue weighted by Crippen LogP contribution is 2.32. The predicted octanol–water partition coefficient (Wildman–Crippen LogP) is 2.32. The molecule has 2 amide bonds. The second-order valence-corrected chi connectivity index (χ2v) is 7.56. The second-order valence-electron chi connectivity index (χ2n) is 7.56. The molecule has 0 spiro atoms. The van der Waals surface area contributed by atoms with Crippen molar-refractivity contribution in [3.63, 3.8) is 0 Å². The molecule has 0 saturated carbocycles. The zero-order valence-corrected chi connectivity index (χ0v) is 15.6. The van der Waals surface area contributed by atoms with E-state index in [-0.39, 0.29) is 18.4 Å². The number of likely N-dealkylation sites (tertiary alicyclic amines) is 2. The van der Waals surface area contributed by atoms with Crippen LogP contribution in [0.25, 0.3) is 0 Å². The van der Waals surface area contributed by atoms with E-state index in [1.807, 2.05) is 4.90 Å². The van der Waals surface area contributed by atoms with Crippen molar-refractivity contribution in [1.82, 2.24) is 19.6 Å². The smallest absolute Gasteiger partial charge is 0.343 e. The molecule has 2 saturated heterocycles. The lowest BCUT2D eigenvalue weighted by molar-refractivity contribution is -0.142. The van der Waals surface area contributed by atoms with Gasteiger partial charge in [0.25, 0.3) is 0 Å². The van der Waals surface area contributed by atoms with Crippen molar-refractivity contribution in [3.05, 3.63) is 17.5 Å². The third-order valence-corrected chi connectivity index (χ3v) is 5.79. The number of hydrogen-bond donors (Lipinski definition) is 0. The van der Waals surface area contributed by atoms with E-state index in [0.717, 1.165) is 43.1 Å². The molecular formula is C18H25F3N4O2. The molecule has 2 aliphatic rings. The van der Waals surface area contributed by atoms with Crippen LogP contribution in [-0.2, 0) is 22.3 Å². The van der Waals surface area contributed by atoms with Gasteiger partial charge >= 0.3 is 6.18 Å². The molecule has 1 aromatic heterocycles. The Morgan fingerprint density at radius 2 is 1.70 bits per heavy atom. The van der Waals surface area contributed by atoms with E-state index in [9.17, 15) is 22.8 Å². The lowest BCUT2D eigenvalue weighted by Crippen LogP contribution is -2.39. The van der Waals surface area contributed by atoms with Gasteiger partial charge < -0.3 is 9.80 Å². The van der Waals surface area contributed by atoms with Crippen LogP contribution in [0.5, 0.6) is 0 Å². The van der Waals surface area contributed by atoms with Gasteiger partial charge in [-0.25, -0.2) is 0 Å². The van der Waals surface area contributed by atoms with Crippen LogP contribution in [0.4, 0.5) is 13.2 Å². The van der Waals surface area contributed by atoms with Crippen LogP contribution in [0.2, 0.25) is 0 Å². The molecule has 1 aromatic rings. The van der Waals surface area contributed by atoms with E-state index in [0.29, 0.717) is 30.6 Å². The van der Waals surface area contributed by atoms with Crippen molar-refractivity contribution < 1.29 is 22.8 Å². The minimum Gasteiger partial charge on any atom is -0.343 e. The fraction of sp³-hybridized carbons (Fsp3) is 0.722. The number of amides is 2. The van der Waals surface area contributed by atoms with Gasteiger partial charge in [-0.3, -0.25) is 14.3 Å². The van der Waals surface area contributed by atoms with Gasteiger partial charge in [-0.2, -0.15) is 18.3 Å². The number of piperidine rings is 1. The molecule has 27 heavy (non-hydrogen) atoms. The Morgan fingerprint density at radius 3 is 2.26 bits per heavy atom. The van der Waals surface area contributed by atoms with Crippen molar-refractivity contribution in [2.24, 2.45) is 11.8 Å². The Bertz CT molecular complexity index is 708. The van der Waals surface area contributed by atoms with Gasteiger partial charge in [0.15, 0.2) is 5.69 Å². The predicted molar refractivity (Wildman–Crippen MR) is 91.6 cm³/mol. The lowest BCUT2D eigenvalue weighted by atomic mass is 9.84. The maximum Gasteiger partial charge on any atom is 0.435 e. The highest BCUT2D eigenvalue weighted by molar-refractivity contribution is 5.76. The first-order chi connectivity index (χ1) is 12.6. The molecular weight excluding hydrogens is 361 g/mol. The van der Waals surface area contributed by atoms with Gasteiger partial charge in [0.2, 0.25) is 11.8 Å². The van der Waals surface area contributed by atoms with Gasteiger partial charge in [0.1, 0.15) is 6.54 Å². The standard InChI is InChI=1S/C18H25F3N4O2/c1-12-9-16(18(19,20)21)22-25(12)11-17(27)24-8-5-15(10-24)14-3-6-23(7-4-14)13(2)26/h9,14-15H,3-8,10-11H2,1-2H3. The first-order valence-corrected chi connectivity index (χ1v) is 9.30. The summed E-state index contributed by atoms with van der Waals surface area (Å²) in [5.74, 6) is 0.789. The largest absolute Gasteiger partial charge is 0.435 e. The molecule has 0 bridgehead atoms. The van der Waals surface area contributed by atoms with Crippen LogP contribution in [0.1, 0.15) is 37.6 Å². The molecule has 0 aliphatic carbocycles. The Kier molecular flexibility index (Phi) is 5.48. The maximum atomic E-state index is 12.8. The van der Waals surface area contributed by atoms with E-state index in [2.05, 4.69) is 5.10 Å². The number of halogens is 3. The third kappa shape index (κ3) is 4.44. The van der Waals surface area contributed by atoms with E-state index < -0.39 is 11.9 Å². The first kappa shape index (κ1) is 19.7. The Balaban J connectivity index is 1.54. The molecule has 3 rings (SSSR count). The van der Waals surface area contributed by atoms with Gasteiger partial charge in [-0.05, 0) is 44.1 Å². The first-order valence-electron chi connectivity index (χ1n) is 9.30. The van der Waals surface area contributed by atoms with Crippen LogP contribution in [0, 0.1) is 18.8 Å². The van der Waals surface area contributed by atoms with Crippen molar-refractivity contribution in [1.29, 1.82) is 0 Å². The number of aryl methyl sites for hydroxylation is 1. The summed E-state index contributed by atoms with van der Waals surface area (Å²) in [6.45, 7) is 5.72. The molecule has 2 aliphatic heterocycles. The number of alkyl halides is 3. The second kappa shape index (κ2) is 7.52. The van der Waals surface area contributed by atoms with E-state index >= 15 is 0 Å². The van der Waals surface area contributed by atoms with E-state index in [1.165, 1.54) is 6.92 Å². The molecule has 1 unspecified atom stereocenters. The minimum atomic E-state index is -4.51. The Labute approximate surface area is 156 Å². The van der Waals surface area contributed by atoms with Crippen molar-refractivity contribution >= 4 is 11.8 Å². The number of aromatic nitrogens is 2. The Hall–Kier alpha value is -2.06. The summed E-state index contributed by atoms with van der Waals surface area (Å²) in [7, 11) is 0. The quantitative estimate of drug-likeness (QED) is 0.801. The van der Waals surface area contributed by atoms with Crippen LogP contribution >= 0.6 is 0 Å². The zero-order chi connectivity index (χ0) is 19.8. The van der Waals surface area contributed by atoms with Gasteiger partial charge in [-0.1, -0.05) is 0 Å². The Morgan fingerprint density at radius 1 is 1.11 bits per heavy atom. The molecule has 0 radical (unpaired) electrons. The third-order valence-electron chi connectivity index (χ3n) is 5.79. The number of rotatable bonds is 3. The summed E-state index contributed by atoms with van der Waals surface area (Å²) in [5, 5.41) is 3.53. The summed E-state index contributed by atoms with van der Waals surface area (Å²) in [6, 6.07) is 0.961. The van der Waals surface area contributed by atoms with Crippen molar-refractivity contribution in [2.45, 2.75) is 45.8 Å². The fourth-order valence-corrected chi connectivity index (χ4v) is 4.12. The molecule has 2 fully saturated rings. The van der Waals surface area contributed by atoms with Crippen LogP contribution < -0.4 is 0 Å². The summed E-state index contributed by atoms with van der Waals surface area (Å²) in [4.78, 5) is 27.5. The molecule has 9 heteroatoms. The molecule has 3 heterocycles. The summed E-state index contributed by atoms with van der Waals surface area (Å²) >= 11 is 0.